The first-order valence-corrected chi connectivity index (χ1v) is 7.12. The van der Waals surface area contributed by atoms with Gasteiger partial charge in [0, 0.05) is 11.3 Å². The van der Waals surface area contributed by atoms with Crippen molar-refractivity contribution in [1.29, 1.82) is 0 Å². The molecule has 19 heavy (non-hydrogen) atoms. The van der Waals surface area contributed by atoms with Gasteiger partial charge in [-0.2, -0.15) is 0 Å². The fraction of sp³-hybridized carbons (Fsp3) is 0.412. The van der Waals surface area contributed by atoms with Crippen LogP contribution in [0.2, 0.25) is 0 Å². The fourth-order valence-corrected chi connectivity index (χ4v) is 3.43. The summed E-state index contributed by atoms with van der Waals surface area (Å²) in [6, 6.07) is 10.8. The molecule has 2 heteroatoms. The maximum Gasteiger partial charge on any atom is 0.100 e. The molecule has 0 bridgehead atoms. The van der Waals surface area contributed by atoms with Crippen molar-refractivity contribution in [2.75, 3.05) is 13.2 Å². The van der Waals surface area contributed by atoms with Gasteiger partial charge < -0.3 is 10.5 Å². The van der Waals surface area contributed by atoms with Crippen LogP contribution >= 0.6 is 0 Å². The van der Waals surface area contributed by atoms with Gasteiger partial charge in [-0.05, 0) is 37.4 Å². The molecule has 2 nitrogen and oxygen atoms in total. The lowest BCUT2D eigenvalue weighted by Crippen LogP contribution is -2.35. The summed E-state index contributed by atoms with van der Waals surface area (Å²) in [5.74, 6) is 1.63. The van der Waals surface area contributed by atoms with Crippen molar-refractivity contribution in [2.45, 2.75) is 24.7 Å². The van der Waals surface area contributed by atoms with Crippen LogP contribution in [0.3, 0.4) is 0 Å². The Hall–Kier alpha value is -1.54. The van der Waals surface area contributed by atoms with E-state index in [4.69, 9.17) is 10.5 Å². The quantitative estimate of drug-likeness (QED) is 0.897. The van der Waals surface area contributed by atoms with Crippen LogP contribution in [0.25, 0.3) is 0 Å². The second-order valence-electron chi connectivity index (χ2n) is 5.49. The van der Waals surface area contributed by atoms with Crippen LogP contribution in [0, 0.1) is 5.92 Å². The predicted octanol–water partition coefficient (Wildman–Crippen LogP) is 3.15. The highest BCUT2D eigenvalue weighted by atomic mass is 16.5. The fourth-order valence-electron chi connectivity index (χ4n) is 3.43. The van der Waals surface area contributed by atoms with Gasteiger partial charge in [-0.3, -0.25) is 0 Å². The highest BCUT2D eigenvalue weighted by Gasteiger charge is 2.48. The molecule has 1 aromatic rings. The maximum absolute atomic E-state index is 5.99. The topological polar surface area (TPSA) is 35.2 Å². The molecular weight excluding hydrogens is 234 g/mol. The number of benzene rings is 1. The lowest BCUT2D eigenvalue weighted by Gasteiger charge is -2.34. The molecule has 0 aromatic heterocycles. The van der Waals surface area contributed by atoms with E-state index in [1.165, 1.54) is 5.56 Å². The molecule has 2 aliphatic rings. The second-order valence-corrected chi connectivity index (χ2v) is 5.49. The van der Waals surface area contributed by atoms with Gasteiger partial charge >= 0.3 is 0 Å². The van der Waals surface area contributed by atoms with Gasteiger partial charge in [-0.25, -0.2) is 0 Å². The smallest absolute Gasteiger partial charge is 0.100 e. The van der Waals surface area contributed by atoms with Gasteiger partial charge in [0.2, 0.25) is 0 Å². The zero-order valence-corrected chi connectivity index (χ0v) is 11.2. The van der Waals surface area contributed by atoms with Crippen LogP contribution in [-0.2, 0) is 10.2 Å². The van der Waals surface area contributed by atoms with Crippen molar-refractivity contribution in [3.63, 3.8) is 0 Å². The Morgan fingerprint density at radius 2 is 2.11 bits per heavy atom. The van der Waals surface area contributed by atoms with Gasteiger partial charge in [0.15, 0.2) is 0 Å². The summed E-state index contributed by atoms with van der Waals surface area (Å²) in [4.78, 5) is 0. The van der Waals surface area contributed by atoms with E-state index in [2.05, 4.69) is 48.6 Å². The molecule has 1 aliphatic heterocycles. The number of nitrogens with two attached hydrogens (primary N) is 1. The lowest BCUT2D eigenvalue weighted by molar-refractivity contribution is 0.215. The molecule has 0 amide bonds. The van der Waals surface area contributed by atoms with Crippen molar-refractivity contribution in [3.8, 4) is 0 Å². The molecule has 0 saturated carbocycles. The molecule has 2 unspecified atom stereocenters. The van der Waals surface area contributed by atoms with Crippen molar-refractivity contribution in [2.24, 2.45) is 11.7 Å². The second kappa shape index (κ2) is 5.22. The number of allylic oxidation sites excluding steroid dienone is 4. The van der Waals surface area contributed by atoms with Gasteiger partial charge in [-0.15, -0.1) is 0 Å². The summed E-state index contributed by atoms with van der Waals surface area (Å²) in [6.07, 6.45) is 9.71. The van der Waals surface area contributed by atoms with Crippen LogP contribution in [0.1, 0.15) is 24.8 Å². The Kier molecular flexibility index (Phi) is 3.43. The summed E-state index contributed by atoms with van der Waals surface area (Å²) in [7, 11) is 0. The summed E-state index contributed by atoms with van der Waals surface area (Å²) < 4.78 is 5.99. The lowest BCUT2D eigenvalue weighted by atomic mass is 9.67. The Morgan fingerprint density at radius 3 is 2.89 bits per heavy atom. The van der Waals surface area contributed by atoms with Crippen molar-refractivity contribution in [1.82, 2.24) is 0 Å². The van der Waals surface area contributed by atoms with E-state index >= 15 is 0 Å². The van der Waals surface area contributed by atoms with Crippen LogP contribution in [-0.4, -0.2) is 13.2 Å². The molecule has 1 aliphatic carbocycles. The standard InChI is InChI=1S/C17H21NO/c18-12-6-11-17(14-7-2-1-3-8-14)13-19-16-10-5-4-9-15(16)17/h1-5,7-8,10,15H,6,9,11-13,18H2. The Morgan fingerprint density at radius 1 is 1.26 bits per heavy atom. The Bertz CT molecular complexity index is 491. The van der Waals surface area contributed by atoms with Crippen LogP contribution in [0.15, 0.2) is 54.3 Å². The van der Waals surface area contributed by atoms with E-state index in [0.717, 1.165) is 38.2 Å². The number of fused-ring (bicyclic) bond motifs is 1. The van der Waals surface area contributed by atoms with E-state index in [1.54, 1.807) is 0 Å². The van der Waals surface area contributed by atoms with E-state index < -0.39 is 0 Å². The first-order chi connectivity index (χ1) is 9.37. The van der Waals surface area contributed by atoms with Crippen molar-refractivity contribution in [3.05, 3.63) is 59.9 Å². The van der Waals surface area contributed by atoms with Crippen LogP contribution in [0.4, 0.5) is 0 Å². The molecule has 1 fully saturated rings. The normalized spacial score (nSPS) is 28.7. The molecule has 1 saturated heterocycles. The number of hydrogen-bond donors (Lipinski definition) is 1. The summed E-state index contributed by atoms with van der Waals surface area (Å²) >= 11 is 0. The Labute approximate surface area is 115 Å². The summed E-state index contributed by atoms with van der Waals surface area (Å²) in [5, 5.41) is 0. The third kappa shape index (κ3) is 2.10. The van der Waals surface area contributed by atoms with Gasteiger partial charge in [0.1, 0.15) is 5.76 Å². The molecule has 1 aromatic carbocycles. The Balaban J connectivity index is 1.99. The minimum absolute atomic E-state index is 0.108. The minimum atomic E-state index is 0.108. The van der Waals surface area contributed by atoms with E-state index in [9.17, 15) is 0 Å². The third-order valence-electron chi connectivity index (χ3n) is 4.45. The van der Waals surface area contributed by atoms with Gasteiger partial charge in [0.25, 0.3) is 0 Å². The molecule has 0 radical (unpaired) electrons. The van der Waals surface area contributed by atoms with Crippen molar-refractivity contribution < 1.29 is 4.74 Å². The summed E-state index contributed by atoms with van der Waals surface area (Å²) in [5.41, 5.74) is 7.25. The largest absolute Gasteiger partial charge is 0.497 e. The molecule has 3 rings (SSSR count). The number of ether oxygens (including phenoxy) is 1. The third-order valence-corrected chi connectivity index (χ3v) is 4.45. The average molecular weight is 255 g/mol. The van der Waals surface area contributed by atoms with Crippen molar-refractivity contribution >= 4 is 0 Å². The van der Waals surface area contributed by atoms with E-state index in [0.29, 0.717) is 5.92 Å². The number of rotatable bonds is 4. The molecule has 1 heterocycles. The van der Waals surface area contributed by atoms with Crippen LogP contribution < -0.4 is 5.73 Å². The molecule has 100 valence electrons. The number of hydrogen-bond acceptors (Lipinski definition) is 2. The van der Waals surface area contributed by atoms with Crippen LogP contribution in [0.5, 0.6) is 0 Å². The zero-order valence-electron chi connectivity index (χ0n) is 11.2. The van der Waals surface area contributed by atoms with Gasteiger partial charge in [0.05, 0.1) is 6.61 Å². The van der Waals surface area contributed by atoms with E-state index in [1.807, 2.05) is 0 Å². The highest BCUT2D eigenvalue weighted by Crippen LogP contribution is 2.49. The SMILES string of the molecule is NCCCC1(c2ccccc2)COC2=CC=CCC21. The predicted molar refractivity (Wildman–Crippen MR) is 77.7 cm³/mol. The highest BCUT2D eigenvalue weighted by molar-refractivity contribution is 5.35. The molecule has 2 N–H and O–H groups in total. The molecule has 2 atom stereocenters. The maximum atomic E-state index is 5.99. The zero-order chi connectivity index (χ0) is 13.1. The first-order valence-electron chi connectivity index (χ1n) is 7.12. The molecular formula is C17H21NO. The van der Waals surface area contributed by atoms with Gasteiger partial charge in [-0.1, -0.05) is 42.5 Å². The average Bonchev–Trinajstić information content (AvgIpc) is 2.86. The first kappa shape index (κ1) is 12.5. The minimum Gasteiger partial charge on any atom is -0.497 e. The summed E-state index contributed by atoms with van der Waals surface area (Å²) in [6.45, 7) is 1.53. The molecule has 0 spiro atoms. The van der Waals surface area contributed by atoms with E-state index in [-0.39, 0.29) is 5.41 Å². The monoisotopic (exact) mass is 255 g/mol.